The van der Waals surface area contributed by atoms with Gasteiger partial charge < -0.3 is 14.7 Å². The molecule has 1 aliphatic carbocycles. The van der Waals surface area contributed by atoms with Crippen molar-refractivity contribution in [1.82, 2.24) is 14.8 Å². The summed E-state index contributed by atoms with van der Waals surface area (Å²) in [5.74, 6) is -4.59. The van der Waals surface area contributed by atoms with Gasteiger partial charge in [-0.25, -0.2) is 13.8 Å². The van der Waals surface area contributed by atoms with Crippen LogP contribution in [0.5, 0.6) is 5.75 Å². The zero-order valence-electron chi connectivity index (χ0n) is 17.0. The second kappa shape index (κ2) is 7.03. The molecule has 0 atom stereocenters. The zero-order chi connectivity index (χ0) is 22.8. The van der Waals surface area contributed by atoms with E-state index in [4.69, 9.17) is 4.74 Å². The predicted molar refractivity (Wildman–Crippen MR) is 105 cm³/mol. The van der Waals surface area contributed by atoms with Crippen LogP contribution < -0.4 is 4.90 Å². The average Bonchev–Trinajstić information content (AvgIpc) is 3.50. The van der Waals surface area contributed by atoms with Gasteiger partial charge in [0.15, 0.2) is 17.4 Å². The molecule has 0 unspecified atom stereocenters. The fourth-order valence-corrected chi connectivity index (χ4v) is 4.40. The van der Waals surface area contributed by atoms with Crippen LogP contribution in [-0.4, -0.2) is 45.2 Å². The molecule has 0 bridgehead atoms. The normalized spacial score (nSPS) is 18.4. The number of aromatic nitrogens is 3. The number of halogens is 5. The Bertz CT molecular complexity index is 1220. The summed E-state index contributed by atoms with van der Waals surface area (Å²) in [6.07, 6.45) is -0.779. The van der Waals surface area contributed by atoms with Gasteiger partial charge in [0.05, 0.1) is 17.7 Å². The lowest BCUT2D eigenvalue weighted by Gasteiger charge is -2.30. The van der Waals surface area contributed by atoms with Crippen LogP contribution in [0.4, 0.5) is 27.8 Å². The van der Waals surface area contributed by atoms with E-state index >= 15 is 0 Å². The van der Waals surface area contributed by atoms with Crippen LogP contribution in [0.25, 0.3) is 22.2 Å². The van der Waals surface area contributed by atoms with Gasteiger partial charge in [0, 0.05) is 49.0 Å². The van der Waals surface area contributed by atoms with Crippen LogP contribution in [-0.2, 0) is 18.0 Å². The molecule has 6 nitrogen and oxygen atoms in total. The highest BCUT2D eigenvalue weighted by Gasteiger charge is 2.49. The molecule has 2 aromatic heterocycles. The van der Waals surface area contributed by atoms with Gasteiger partial charge in [-0.05, 0) is 25.3 Å². The smallest absolute Gasteiger partial charge is 0.419 e. The Labute approximate surface area is 179 Å². The van der Waals surface area contributed by atoms with Crippen molar-refractivity contribution in [3.8, 4) is 17.0 Å². The lowest BCUT2D eigenvalue weighted by atomic mass is 10.0. The molecular weight excluding hydrogens is 435 g/mol. The molecule has 3 aromatic rings. The minimum Gasteiger partial charge on any atom is -0.503 e. The van der Waals surface area contributed by atoms with E-state index in [0.717, 1.165) is 19.3 Å². The average molecular weight is 454 g/mol. The Morgan fingerprint density at radius 1 is 1.09 bits per heavy atom. The number of nitrogens with zero attached hydrogens (tertiary/aromatic N) is 4. The summed E-state index contributed by atoms with van der Waals surface area (Å²) in [5.41, 5.74) is -2.08. The number of phenols is 1. The summed E-state index contributed by atoms with van der Waals surface area (Å²) in [6, 6.07) is 2.08. The molecule has 1 aliphatic heterocycles. The molecule has 11 heteroatoms. The molecule has 3 heterocycles. The van der Waals surface area contributed by atoms with Crippen molar-refractivity contribution in [3.63, 3.8) is 0 Å². The van der Waals surface area contributed by atoms with Gasteiger partial charge in [0.2, 0.25) is 0 Å². The largest absolute Gasteiger partial charge is 0.503 e. The van der Waals surface area contributed by atoms with Gasteiger partial charge in [-0.2, -0.15) is 18.3 Å². The van der Waals surface area contributed by atoms with E-state index < -0.39 is 34.7 Å². The molecule has 1 spiro atoms. The van der Waals surface area contributed by atoms with Crippen LogP contribution in [0.15, 0.2) is 18.3 Å². The molecule has 2 fully saturated rings. The number of ether oxygens (including phenoxy) is 1. The Morgan fingerprint density at radius 2 is 1.84 bits per heavy atom. The van der Waals surface area contributed by atoms with Crippen molar-refractivity contribution in [2.75, 3.05) is 24.7 Å². The highest BCUT2D eigenvalue weighted by atomic mass is 19.4. The van der Waals surface area contributed by atoms with Gasteiger partial charge in [0.1, 0.15) is 11.5 Å². The van der Waals surface area contributed by atoms with E-state index in [9.17, 15) is 27.1 Å². The molecule has 1 saturated heterocycles. The van der Waals surface area contributed by atoms with Crippen molar-refractivity contribution in [2.45, 2.75) is 31.0 Å². The number of anilines is 1. The number of alkyl halides is 3. The molecule has 0 radical (unpaired) electrons. The third-order valence-electron chi connectivity index (χ3n) is 6.31. The zero-order valence-corrected chi connectivity index (χ0v) is 17.0. The maximum Gasteiger partial charge on any atom is 0.419 e. The third kappa shape index (κ3) is 3.17. The number of phenolic OH excluding ortho intramolecular Hbond substituents is 1. The molecule has 1 aromatic carbocycles. The number of pyridine rings is 1. The summed E-state index contributed by atoms with van der Waals surface area (Å²) < 4.78 is 75.2. The molecule has 1 N–H and O–H groups in total. The molecule has 2 aliphatic rings. The maximum atomic E-state index is 14.6. The van der Waals surface area contributed by atoms with E-state index in [-0.39, 0.29) is 16.6 Å². The standard InChI is InChI=1S/C21H19F5N4O2/c1-29-14-9-15(30-5-7-32-6-4-20(30)2-3-20)27-10-12(14)18(28-29)11-8-13(21(24,25)26)17(23)19(31)16(11)22/h8-10,31H,2-7H2,1H3. The summed E-state index contributed by atoms with van der Waals surface area (Å²) >= 11 is 0. The number of aromatic hydroxyl groups is 1. The highest BCUT2D eigenvalue weighted by molar-refractivity contribution is 5.94. The van der Waals surface area contributed by atoms with E-state index in [1.54, 1.807) is 13.1 Å². The highest BCUT2D eigenvalue weighted by Crippen LogP contribution is 2.48. The lowest BCUT2D eigenvalue weighted by molar-refractivity contribution is -0.140. The number of benzene rings is 1. The van der Waals surface area contributed by atoms with Crippen molar-refractivity contribution < 1.29 is 31.8 Å². The first-order valence-corrected chi connectivity index (χ1v) is 10.1. The van der Waals surface area contributed by atoms with E-state index in [1.165, 1.54) is 10.9 Å². The van der Waals surface area contributed by atoms with Crippen molar-refractivity contribution >= 4 is 16.7 Å². The monoisotopic (exact) mass is 454 g/mol. The number of hydrogen-bond acceptors (Lipinski definition) is 5. The van der Waals surface area contributed by atoms with Gasteiger partial charge in [0.25, 0.3) is 0 Å². The minimum absolute atomic E-state index is 0.00490. The minimum atomic E-state index is -5.12. The Hall–Kier alpha value is -2.95. The van der Waals surface area contributed by atoms with Crippen LogP contribution in [0.2, 0.25) is 0 Å². The Balaban J connectivity index is 1.64. The fraction of sp³-hybridized carbons (Fsp3) is 0.429. The molecule has 1 saturated carbocycles. The van der Waals surface area contributed by atoms with Gasteiger partial charge in [-0.15, -0.1) is 0 Å². The quantitative estimate of drug-likeness (QED) is 0.582. The van der Waals surface area contributed by atoms with E-state index in [1.807, 2.05) is 0 Å². The molecule has 5 rings (SSSR count). The lowest BCUT2D eigenvalue weighted by Crippen LogP contribution is -2.38. The SMILES string of the molecule is Cn1nc(-c2cc(C(F)(F)F)c(F)c(O)c2F)c2cnc(N3CCOCCC34CC4)cc21. The predicted octanol–water partition coefficient (Wildman–Crippen LogP) is 4.40. The summed E-state index contributed by atoms with van der Waals surface area (Å²) in [5, 5.41) is 14.1. The first kappa shape index (κ1) is 20.9. The van der Waals surface area contributed by atoms with Crippen molar-refractivity contribution in [2.24, 2.45) is 7.05 Å². The van der Waals surface area contributed by atoms with Crippen LogP contribution >= 0.6 is 0 Å². The summed E-state index contributed by atoms with van der Waals surface area (Å²) in [7, 11) is 1.57. The molecule has 32 heavy (non-hydrogen) atoms. The maximum absolute atomic E-state index is 14.6. The van der Waals surface area contributed by atoms with Crippen LogP contribution in [0, 0.1) is 11.6 Å². The topological polar surface area (TPSA) is 63.4 Å². The summed E-state index contributed by atoms with van der Waals surface area (Å²) in [4.78, 5) is 6.66. The van der Waals surface area contributed by atoms with Gasteiger partial charge in [-0.1, -0.05) is 0 Å². The van der Waals surface area contributed by atoms with Crippen LogP contribution in [0.3, 0.4) is 0 Å². The summed E-state index contributed by atoms with van der Waals surface area (Å²) in [6.45, 7) is 1.88. The number of fused-ring (bicyclic) bond motifs is 1. The van der Waals surface area contributed by atoms with E-state index in [2.05, 4.69) is 15.0 Å². The van der Waals surface area contributed by atoms with Crippen LogP contribution in [0.1, 0.15) is 24.8 Å². The fourth-order valence-electron chi connectivity index (χ4n) is 4.40. The van der Waals surface area contributed by atoms with Gasteiger partial charge in [-0.3, -0.25) is 4.68 Å². The number of hydrogen-bond donors (Lipinski definition) is 1. The Kier molecular flexibility index (Phi) is 4.59. The first-order chi connectivity index (χ1) is 15.1. The second-order valence-corrected chi connectivity index (χ2v) is 8.22. The molecule has 0 amide bonds. The number of rotatable bonds is 2. The second-order valence-electron chi connectivity index (χ2n) is 8.22. The Morgan fingerprint density at radius 3 is 2.53 bits per heavy atom. The third-order valence-corrected chi connectivity index (χ3v) is 6.31. The van der Waals surface area contributed by atoms with Gasteiger partial charge >= 0.3 is 6.18 Å². The first-order valence-electron chi connectivity index (χ1n) is 10.1. The van der Waals surface area contributed by atoms with Crippen molar-refractivity contribution in [3.05, 3.63) is 35.5 Å². The molecule has 170 valence electrons. The molecular formula is C21H19F5N4O2. The number of aryl methyl sites for hydroxylation is 1. The van der Waals surface area contributed by atoms with Crippen molar-refractivity contribution in [1.29, 1.82) is 0 Å². The van der Waals surface area contributed by atoms with E-state index in [0.29, 0.717) is 37.2 Å².